The van der Waals surface area contributed by atoms with Gasteiger partial charge in [0.1, 0.15) is 16.5 Å². The number of methoxy groups -OCH3 is 1. The maximum absolute atomic E-state index is 12.8. The zero-order valence-corrected chi connectivity index (χ0v) is 17.7. The number of anilines is 3. The monoisotopic (exact) mass is 447 g/mol. The van der Waals surface area contributed by atoms with Crippen molar-refractivity contribution in [2.75, 3.05) is 22.6 Å². The summed E-state index contributed by atoms with van der Waals surface area (Å²) in [5.74, 6) is -0.744. The van der Waals surface area contributed by atoms with Gasteiger partial charge < -0.3 is 15.4 Å². The summed E-state index contributed by atoms with van der Waals surface area (Å²) < 4.78 is 5.10. The molecule has 1 aliphatic rings. The molecule has 7 nitrogen and oxygen atoms in total. The molecule has 0 atom stereocenters. The number of rotatable bonds is 6. The van der Waals surface area contributed by atoms with Crippen molar-refractivity contribution >= 4 is 46.4 Å². The van der Waals surface area contributed by atoms with Gasteiger partial charge in [-0.25, -0.2) is 4.90 Å². The zero-order valence-electron chi connectivity index (χ0n) is 17.0. The van der Waals surface area contributed by atoms with E-state index in [9.17, 15) is 14.4 Å². The van der Waals surface area contributed by atoms with Crippen LogP contribution in [0.3, 0.4) is 0 Å². The normalized spacial score (nSPS) is 13.4. The molecule has 32 heavy (non-hydrogen) atoms. The molecule has 1 heterocycles. The number of para-hydroxylation sites is 1. The second kappa shape index (κ2) is 8.95. The summed E-state index contributed by atoms with van der Waals surface area (Å²) in [5, 5.41) is 5.49. The third kappa shape index (κ3) is 4.19. The van der Waals surface area contributed by atoms with Crippen molar-refractivity contribution < 1.29 is 19.1 Å². The van der Waals surface area contributed by atoms with Crippen LogP contribution in [0.5, 0.6) is 5.75 Å². The van der Waals surface area contributed by atoms with E-state index in [0.29, 0.717) is 28.4 Å². The van der Waals surface area contributed by atoms with E-state index < -0.39 is 11.8 Å². The van der Waals surface area contributed by atoms with Gasteiger partial charge in [-0.2, -0.15) is 0 Å². The Balaban J connectivity index is 1.45. The maximum atomic E-state index is 12.8. The van der Waals surface area contributed by atoms with Gasteiger partial charge in [0, 0.05) is 16.9 Å². The van der Waals surface area contributed by atoms with E-state index in [4.69, 9.17) is 16.3 Å². The van der Waals surface area contributed by atoms with Crippen molar-refractivity contribution in [3.05, 3.63) is 95.2 Å². The minimum atomic E-state index is -0.596. The lowest BCUT2D eigenvalue weighted by molar-refractivity contribution is -0.120. The highest BCUT2D eigenvalue weighted by Gasteiger charge is 2.38. The van der Waals surface area contributed by atoms with Crippen LogP contribution >= 0.6 is 11.6 Å². The number of carbonyl (C=O) groups is 3. The molecule has 3 aromatic carbocycles. The lowest BCUT2D eigenvalue weighted by Crippen LogP contribution is -2.32. The van der Waals surface area contributed by atoms with Crippen LogP contribution in [0.2, 0.25) is 0 Å². The van der Waals surface area contributed by atoms with Crippen LogP contribution in [-0.4, -0.2) is 24.8 Å². The van der Waals surface area contributed by atoms with E-state index in [-0.39, 0.29) is 16.6 Å². The second-order valence-electron chi connectivity index (χ2n) is 6.86. The lowest BCUT2D eigenvalue weighted by atomic mass is 10.2. The number of hydrogen-bond acceptors (Lipinski definition) is 5. The van der Waals surface area contributed by atoms with Crippen molar-refractivity contribution in [1.29, 1.82) is 0 Å². The highest BCUT2D eigenvalue weighted by atomic mass is 35.5. The highest BCUT2D eigenvalue weighted by Crippen LogP contribution is 2.30. The molecular weight excluding hydrogens is 430 g/mol. The molecule has 0 aliphatic carbocycles. The molecule has 4 rings (SSSR count). The molecule has 0 saturated heterocycles. The van der Waals surface area contributed by atoms with Gasteiger partial charge in [-0.15, -0.1) is 0 Å². The quantitative estimate of drug-likeness (QED) is 0.547. The van der Waals surface area contributed by atoms with Crippen LogP contribution in [0.4, 0.5) is 17.1 Å². The first-order valence-corrected chi connectivity index (χ1v) is 10.0. The van der Waals surface area contributed by atoms with Crippen LogP contribution in [0.1, 0.15) is 10.4 Å². The minimum absolute atomic E-state index is 0.0176. The molecule has 2 N–H and O–H groups in total. The number of nitrogens with zero attached hydrogens (tertiary/aromatic N) is 1. The lowest BCUT2D eigenvalue weighted by Gasteiger charge is -2.15. The molecule has 3 aromatic rings. The molecule has 3 amide bonds. The summed E-state index contributed by atoms with van der Waals surface area (Å²) in [6, 6.07) is 22.0. The van der Waals surface area contributed by atoms with Gasteiger partial charge in [0.2, 0.25) is 0 Å². The summed E-state index contributed by atoms with van der Waals surface area (Å²) in [5.41, 5.74) is 1.98. The van der Waals surface area contributed by atoms with Crippen molar-refractivity contribution in [3.63, 3.8) is 0 Å². The van der Waals surface area contributed by atoms with E-state index >= 15 is 0 Å². The first-order chi connectivity index (χ1) is 15.5. The fourth-order valence-electron chi connectivity index (χ4n) is 3.15. The van der Waals surface area contributed by atoms with Crippen molar-refractivity contribution in [3.8, 4) is 5.75 Å². The van der Waals surface area contributed by atoms with Gasteiger partial charge in [-0.05, 0) is 60.7 Å². The Bertz CT molecular complexity index is 1210. The molecule has 0 aromatic heterocycles. The summed E-state index contributed by atoms with van der Waals surface area (Å²) in [6.45, 7) is 0. The SMILES string of the molecule is COc1ccc(NC(=O)c2ccc(NC3=C(Cl)C(=O)N(c4ccccc4)C3=O)cc2)cc1. The Hall–Kier alpha value is -4.10. The third-order valence-corrected chi connectivity index (χ3v) is 5.16. The Labute approximate surface area is 189 Å². The minimum Gasteiger partial charge on any atom is -0.497 e. The van der Waals surface area contributed by atoms with Gasteiger partial charge in [0.15, 0.2) is 0 Å². The van der Waals surface area contributed by atoms with Gasteiger partial charge in [0.05, 0.1) is 12.8 Å². The van der Waals surface area contributed by atoms with Crippen molar-refractivity contribution in [1.82, 2.24) is 0 Å². The highest BCUT2D eigenvalue weighted by molar-refractivity contribution is 6.53. The average molecular weight is 448 g/mol. The number of carbonyl (C=O) groups excluding carboxylic acids is 3. The Morgan fingerprint density at radius 1 is 0.844 bits per heavy atom. The number of imide groups is 1. The predicted octanol–water partition coefficient (Wildman–Crippen LogP) is 4.38. The van der Waals surface area contributed by atoms with Gasteiger partial charge >= 0.3 is 0 Å². The van der Waals surface area contributed by atoms with E-state index in [2.05, 4.69) is 10.6 Å². The molecule has 0 saturated carbocycles. The molecule has 0 fully saturated rings. The van der Waals surface area contributed by atoms with Crippen LogP contribution in [0, 0.1) is 0 Å². The van der Waals surface area contributed by atoms with Gasteiger partial charge in [-0.1, -0.05) is 29.8 Å². The number of benzene rings is 3. The summed E-state index contributed by atoms with van der Waals surface area (Å²) in [6.07, 6.45) is 0. The van der Waals surface area contributed by atoms with Crippen LogP contribution in [-0.2, 0) is 9.59 Å². The van der Waals surface area contributed by atoms with Crippen molar-refractivity contribution in [2.24, 2.45) is 0 Å². The number of ether oxygens (including phenoxy) is 1. The average Bonchev–Trinajstić information content (AvgIpc) is 3.03. The van der Waals surface area contributed by atoms with Crippen LogP contribution in [0.15, 0.2) is 89.6 Å². The van der Waals surface area contributed by atoms with Crippen LogP contribution < -0.4 is 20.3 Å². The first-order valence-electron chi connectivity index (χ1n) is 9.64. The second-order valence-corrected chi connectivity index (χ2v) is 7.23. The largest absolute Gasteiger partial charge is 0.497 e. The molecule has 160 valence electrons. The fraction of sp³-hybridized carbons (Fsp3) is 0.0417. The Morgan fingerprint density at radius 3 is 2.09 bits per heavy atom. The van der Waals surface area contributed by atoms with Crippen LogP contribution in [0.25, 0.3) is 0 Å². The zero-order chi connectivity index (χ0) is 22.7. The number of amides is 3. The molecule has 0 spiro atoms. The molecule has 0 bridgehead atoms. The Morgan fingerprint density at radius 2 is 1.47 bits per heavy atom. The third-order valence-electron chi connectivity index (χ3n) is 4.81. The van der Waals surface area contributed by atoms with Crippen molar-refractivity contribution in [2.45, 2.75) is 0 Å². The molecule has 8 heteroatoms. The maximum Gasteiger partial charge on any atom is 0.283 e. The summed E-state index contributed by atoms with van der Waals surface area (Å²) in [7, 11) is 1.57. The molecule has 0 unspecified atom stereocenters. The predicted molar refractivity (Wildman–Crippen MR) is 123 cm³/mol. The van der Waals surface area contributed by atoms with E-state index in [1.54, 1.807) is 86.0 Å². The van der Waals surface area contributed by atoms with Gasteiger partial charge in [0.25, 0.3) is 17.7 Å². The number of nitrogens with one attached hydrogen (secondary N) is 2. The molecular formula is C24H18ClN3O4. The smallest absolute Gasteiger partial charge is 0.283 e. The summed E-state index contributed by atoms with van der Waals surface area (Å²) in [4.78, 5) is 38.8. The number of hydrogen-bond donors (Lipinski definition) is 2. The first kappa shape index (κ1) is 21.1. The van der Waals surface area contributed by atoms with E-state index in [1.165, 1.54) is 0 Å². The molecule has 1 aliphatic heterocycles. The fourth-order valence-corrected chi connectivity index (χ4v) is 3.36. The standard InChI is InChI=1S/C24H18ClN3O4/c1-32-19-13-11-17(12-14-19)27-22(29)15-7-9-16(10-8-15)26-21-20(25)23(30)28(24(21)31)18-5-3-2-4-6-18/h2-14,26H,1H3,(H,27,29). The van der Waals surface area contributed by atoms with E-state index in [0.717, 1.165) is 4.90 Å². The van der Waals surface area contributed by atoms with Gasteiger partial charge in [-0.3, -0.25) is 14.4 Å². The van der Waals surface area contributed by atoms with E-state index in [1.807, 2.05) is 0 Å². The number of halogens is 1. The topological polar surface area (TPSA) is 87.7 Å². The molecule has 0 radical (unpaired) electrons. The Kier molecular flexibility index (Phi) is 5.91. The summed E-state index contributed by atoms with van der Waals surface area (Å²) >= 11 is 6.14.